The molecule has 160 valence electrons. The Kier molecular flexibility index (Phi) is 5.90. The van der Waals surface area contributed by atoms with Crippen molar-refractivity contribution in [2.45, 2.75) is 20.3 Å². The molecule has 0 fully saturated rings. The highest BCUT2D eigenvalue weighted by molar-refractivity contribution is 5.91. The Bertz CT molecular complexity index is 1380. The minimum atomic E-state index is -0.489. The van der Waals surface area contributed by atoms with Crippen molar-refractivity contribution in [3.8, 4) is 22.6 Å². The van der Waals surface area contributed by atoms with Gasteiger partial charge in [0.1, 0.15) is 23.3 Å². The fourth-order valence-electron chi connectivity index (χ4n) is 3.34. The summed E-state index contributed by atoms with van der Waals surface area (Å²) >= 11 is 0. The predicted molar refractivity (Wildman–Crippen MR) is 124 cm³/mol. The molecule has 0 radical (unpaired) electrons. The van der Waals surface area contributed by atoms with Gasteiger partial charge in [0, 0.05) is 6.07 Å². The van der Waals surface area contributed by atoms with Gasteiger partial charge in [0.05, 0.1) is 16.5 Å². The van der Waals surface area contributed by atoms with E-state index < -0.39 is 5.97 Å². The molecule has 0 spiro atoms. The zero-order valence-electron chi connectivity index (χ0n) is 17.8. The number of esters is 1. The molecule has 5 heteroatoms. The lowest BCUT2D eigenvalue weighted by atomic mass is 10.0. The molecule has 0 saturated heterocycles. The van der Waals surface area contributed by atoms with Gasteiger partial charge in [0.25, 0.3) is 0 Å². The van der Waals surface area contributed by atoms with Gasteiger partial charge in [-0.3, -0.25) is 4.79 Å². The van der Waals surface area contributed by atoms with Gasteiger partial charge in [0.15, 0.2) is 5.43 Å². The molecule has 0 saturated carbocycles. The van der Waals surface area contributed by atoms with Gasteiger partial charge in [-0.25, -0.2) is 4.79 Å². The van der Waals surface area contributed by atoms with Crippen molar-refractivity contribution in [1.82, 2.24) is 0 Å². The van der Waals surface area contributed by atoms with Gasteiger partial charge in [-0.1, -0.05) is 35.9 Å². The number of aromatic hydroxyl groups is 1. The smallest absolute Gasteiger partial charge is 0.343 e. The molecule has 32 heavy (non-hydrogen) atoms. The van der Waals surface area contributed by atoms with Crippen LogP contribution in [0.3, 0.4) is 0 Å². The van der Waals surface area contributed by atoms with E-state index in [0.29, 0.717) is 34.1 Å². The summed E-state index contributed by atoms with van der Waals surface area (Å²) in [6.07, 6.45) is 3.97. The highest BCUT2D eigenvalue weighted by Crippen LogP contribution is 2.27. The lowest BCUT2D eigenvalue weighted by Crippen LogP contribution is -2.09. The third-order valence-electron chi connectivity index (χ3n) is 5.09. The molecule has 0 aliphatic rings. The number of hydrogen-bond acceptors (Lipinski definition) is 5. The lowest BCUT2D eigenvalue weighted by molar-refractivity contribution is 0.0735. The topological polar surface area (TPSA) is 76.7 Å². The molecule has 4 rings (SSSR count). The van der Waals surface area contributed by atoms with Crippen LogP contribution >= 0.6 is 0 Å². The van der Waals surface area contributed by atoms with E-state index in [4.69, 9.17) is 9.15 Å². The summed E-state index contributed by atoms with van der Waals surface area (Å²) in [6, 6.07) is 18.4. The Morgan fingerprint density at radius 1 is 1.03 bits per heavy atom. The van der Waals surface area contributed by atoms with E-state index in [1.807, 2.05) is 26.0 Å². The summed E-state index contributed by atoms with van der Waals surface area (Å²) in [5.41, 5.74) is 3.47. The Hall–Kier alpha value is -4.12. The first-order valence-electron chi connectivity index (χ1n) is 10.2. The van der Waals surface area contributed by atoms with Gasteiger partial charge >= 0.3 is 5.97 Å². The Morgan fingerprint density at radius 2 is 1.81 bits per heavy atom. The molecule has 1 N–H and O–H groups in total. The van der Waals surface area contributed by atoms with Gasteiger partial charge in [-0.2, -0.15) is 0 Å². The van der Waals surface area contributed by atoms with Crippen LogP contribution in [0.2, 0.25) is 0 Å². The van der Waals surface area contributed by atoms with E-state index in [-0.39, 0.29) is 16.9 Å². The molecular weight excluding hydrogens is 404 g/mol. The number of carbonyl (C=O) groups excluding carboxylic acids is 1. The third kappa shape index (κ3) is 4.47. The van der Waals surface area contributed by atoms with Crippen molar-refractivity contribution in [3.05, 3.63) is 106 Å². The minimum absolute atomic E-state index is 0.182. The molecule has 3 aromatic carbocycles. The number of hydrogen-bond donors (Lipinski definition) is 1. The van der Waals surface area contributed by atoms with Crippen LogP contribution in [0.5, 0.6) is 11.5 Å². The standard InChI is InChI=1S/C27H22O5/c1-17(2)8-9-20-14-19(10-13-24(20)28)23-16-31-25-15-21(11-12-22(25)26(23)29)32-27(30)18-6-4-3-5-7-18/h3-8,10-16,28H,9H2,1-2H3. The quantitative estimate of drug-likeness (QED) is 0.244. The number of phenols is 1. The van der Waals surface area contributed by atoms with Crippen LogP contribution in [0.25, 0.3) is 22.1 Å². The molecule has 4 aromatic rings. The number of phenolic OH excluding ortho intramolecular Hbond substituents is 1. The lowest BCUT2D eigenvalue weighted by Gasteiger charge is -2.08. The van der Waals surface area contributed by atoms with Crippen molar-refractivity contribution >= 4 is 16.9 Å². The average molecular weight is 426 g/mol. The van der Waals surface area contributed by atoms with Gasteiger partial charge in [-0.15, -0.1) is 0 Å². The van der Waals surface area contributed by atoms with Crippen LogP contribution in [0.4, 0.5) is 0 Å². The van der Waals surface area contributed by atoms with Crippen molar-refractivity contribution in [1.29, 1.82) is 0 Å². The minimum Gasteiger partial charge on any atom is -0.508 e. The van der Waals surface area contributed by atoms with E-state index in [1.165, 1.54) is 12.3 Å². The van der Waals surface area contributed by atoms with E-state index in [0.717, 1.165) is 11.1 Å². The molecule has 0 aliphatic carbocycles. The SMILES string of the molecule is CC(C)=CCc1cc(-c2coc3cc(OC(=O)c4ccccc4)ccc3c2=O)ccc1O. The highest BCUT2D eigenvalue weighted by atomic mass is 16.5. The largest absolute Gasteiger partial charge is 0.508 e. The Morgan fingerprint density at radius 3 is 2.56 bits per heavy atom. The molecule has 5 nitrogen and oxygen atoms in total. The fraction of sp³-hybridized carbons (Fsp3) is 0.111. The zero-order chi connectivity index (χ0) is 22.7. The first kappa shape index (κ1) is 21.1. The maximum Gasteiger partial charge on any atom is 0.343 e. The van der Waals surface area contributed by atoms with Crippen molar-refractivity contribution in [2.75, 3.05) is 0 Å². The molecular formula is C27H22O5. The van der Waals surface area contributed by atoms with Gasteiger partial charge in [0.2, 0.25) is 0 Å². The molecule has 0 unspecified atom stereocenters. The van der Waals surface area contributed by atoms with Crippen LogP contribution in [0, 0.1) is 0 Å². The first-order valence-corrected chi connectivity index (χ1v) is 10.2. The normalized spacial score (nSPS) is 10.7. The summed E-state index contributed by atoms with van der Waals surface area (Å²) in [5.74, 6) is -0.0194. The maximum atomic E-state index is 13.1. The second-order valence-corrected chi connectivity index (χ2v) is 7.72. The molecule has 0 bridgehead atoms. The molecule has 1 aromatic heterocycles. The van der Waals surface area contributed by atoms with Crippen LogP contribution in [-0.2, 0) is 6.42 Å². The Balaban J connectivity index is 1.66. The summed E-state index contributed by atoms with van der Waals surface area (Å²) in [4.78, 5) is 25.4. The number of ether oxygens (including phenoxy) is 1. The second kappa shape index (κ2) is 8.94. The van der Waals surface area contributed by atoms with Crippen molar-refractivity contribution in [3.63, 3.8) is 0 Å². The van der Waals surface area contributed by atoms with Gasteiger partial charge in [-0.05, 0) is 67.8 Å². The maximum absolute atomic E-state index is 13.1. The van der Waals surface area contributed by atoms with Gasteiger partial charge < -0.3 is 14.3 Å². The summed E-state index contributed by atoms with van der Waals surface area (Å²) < 4.78 is 11.1. The van der Waals surface area contributed by atoms with E-state index in [2.05, 4.69) is 0 Å². The molecule has 0 atom stereocenters. The van der Waals surface area contributed by atoms with E-state index in [1.54, 1.807) is 54.6 Å². The molecule has 0 amide bonds. The van der Waals surface area contributed by atoms with Crippen LogP contribution in [0.1, 0.15) is 29.8 Å². The number of fused-ring (bicyclic) bond motifs is 1. The molecule has 0 aliphatic heterocycles. The summed E-state index contributed by atoms with van der Waals surface area (Å²) in [7, 11) is 0. The number of allylic oxidation sites excluding steroid dienone is 2. The van der Waals surface area contributed by atoms with Crippen molar-refractivity contribution < 1.29 is 19.1 Å². The number of rotatable bonds is 5. The zero-order valence-corrected chi connectivity index (χ0v) is 17.8. The first-order chi connectivity index (χ1) is 15.4. The second-order valence-electron chi connectivity index (χ2n) is 7.72. The van der Waals surface area contributed by atoms with Crippen LogP contribution in [-0.4, -0.2) is 11.1 Å². The summed E-state index contributed by atoms with van der Waals surface area (Å²) in [6.45, 7) is 3.98. The number of benzene rings is 3. The third-order valence-corrected chi connectivity index (χ3v) is 5.09. The molecule has 1 heterocycles. The summed E-state index contributed by atoms with van der Waals surface area (Å²) in [5, 5.41) is 10.5. The fourth-order valence-corrected chi connectivity index (χ4v) is 3.34. The van der Waals surface area contributed by atoms with Crippen LogP contribution < -0.4 is 10.2 Å². The van der Waals surface area contributed by atoms with Crippen LogP contribution in [0.15, 0.2) is 93.9 Å². The van der Waals surface area contributed by atoms with E-state index in [9.17, 15) is 14.7 Å². The van der Waals surface area contributed by atoms with Crippen molar-refractivity contribution in [2.24, 2.45) is 0 Å². The average Bonchev–Trinajstić information content (AvgIpc) is 2.79. The number of carbonyl (C=O) groups is 1. The van der Waals surface area contributed by atoms with E-state index >= 15 is 0 Å². The predicted octanol–water partition coefficient (Wildman–Crippen LogP) is 5.89. The Labute approximate surface area is 185 Å². The monoisotopic (exact) mass is 426 g/mol. The highest BCUT2D eigenvalue weighted by Gasteiger charge is 2.14.